The molecule has 9 heteroatoms. The largest absolute Gasteiger partial charge is 0.507 e. The smallest absolute Gasteiger partial charge is 0.342 e. The van der Waals surface area contributed by atoms with E-state index in [1.807, 2.05) is 0 Å². The molecule has 0 aromatic heterocycles. The average Bonchev–Trinajstić information content (AvgIpc) is 3.15. The molecule has 0 radical (unpaired) electrons. The monoisotopic (exact) mass is 430 g/mol. The molecule has 2 aliphatic heterocycles. The van der Waals surface area contributed by atoms with Crippen LogP contribution in [0.4, 0.5) is 10.5 Å². The van der Waals surface area contributed by atoms with Gasteiger partial charge in [0.1, 0.15) is 23.5 Å². The molecule has 31 heavy (non-hydrogen) atoms. The number of nitrogens with one attached hydrogen (secondary N) is 1. The summed E-state index contributed by atoms with van der Waals surface area (Å²) >= 11 is 0. The first kappa shape index (κ1) is 22.5. The number of urea groups is 1. The van der Waals surface area contributed by atoms with Crippen molar-refractivity contribution in [3.63, 3.8) is 0 Å². The van der Waals surface area contributed by atoms with Gasteiger partial charge < -0.3 is 25.4 Å². The van der Waals surface area contributed by atoms with Gasteiger partial charge in [-0.2, -0.15) is 0 Å². The number of ether oxygens (including phenoxy) is 1. The first-order valence-corrected chi connectivity index (χ1v) is 10.1. The lowest BCUT2D eigenvalue weighted by Crippen LogP contribution is -2.32. The number of benzene rings is 1. The Morgan fingerprint density at radius 1 is 1.13 bits per heavy atom. The minimum Gasteiger partial charge on any atom is -0.507 e. The molecule has 1 aromatic rings. The highest BCUT2D eigenvalue weighted by Gasteiger charge is 2.27. The normalized spacial score (nSPS) is 29.5. The molecule has 0 aliphatic carbocycles. The van der Waals surface area contributed by atoms with Gasteiger partial charge in [-0.15, -0.1) is 0 Å². The van der Waals surface area contributed by atoms with Crippen LogP contribution in [0.25, 0.3) is 6.08 Å². The summed E-state index contributed by atoms with van der Waals surface area (Å²) < 4.78 is 5.48. The number of aliphatic hydroxyl groups excluding tert-OH is 2. The van der Waals surface area contributed by atoms with E-state index in [2.05, 4.69) is 5.32 Å². The van der Waals surface area contributed by atoms with E-state index >= 15 is 0 Å². The second kappa shape index (κ2) is 9.32. The van der Waals surface area contributed by atoms with Crippen molar-refractivity contribution in [2.24, 2.45) is 5.92 Å². The number of ketones is 1. The second-order valence-electron chi connectivity index (χ2n) is 7.69. The average molecular weight is 430 g/mol. The van der Waals surface area contributed by atoms with Crippen LogP contribution in [0.5, 0.6) is 5.75 Å². The van der Waals surface area contributed by atoms with Gasteiger partial charge in [-0.25, -0.2) is 9.59 Å². The maximum absolute atomic E-state index is 12.8. The number of anilines is 1. The van der Waals surface area contributed by atoms with Gasteiger partial charge in [-0.3, -0.25) is 9.69 Å². The summed E-state index contributed by atoms with van der Waals surface area (Å²) in [6.45, 7) is 4.23. The van der Waals surface area contributed by atoms with Gasteiger partial charge in [0.2, 0.25) is 0 Å². The zero-order valence-electron chi connectivity index (χ0n) is 17.3. The van der Waals surface area contributed by atoms with Gasteiger partial charge in [0.15, 0.2) is 5.78 Å². The Labute approximate surface area is 179 Å². The van der Waals surface area contributed by atoms with E-state index in [-0.39, 0.29) is 35.2 Å². The maximum atomic E-state index is 12.8. The van der Waals surface area contributed by atoms with Crippen molar-refractivity contribution < 1.29 is 34.4 Å². The lowest BCUT2D eigenvalue weighted by atomic mass is 9.99. The first-order valence-electron chi connectivity index (χ1n) is 10.1. The molecule has 9 nitrogen and oxygen atoms in total. The summed E-state index contributed by atoms with van der Waals surface area (Å²) in [5.41, 5.74) is 0.593. The van der Waals surface area contributed by atoms with Crippen LogP contribution in [0.2, 0.25) is 0 Å². The number of aliphatic hydroxyl groups is 2. The Kier molecular flexibility index (Phi) is 6.77. The molecule has 1 aromatic carbocycles. The fraction of sp³-hybridized carbons (Fsp3) is 0.409. The number of rotatable bonds is 1. The van der Waals surface area contributed by atoms with Crippen molar-refractivity contribution in [1.82, 2.24) is 5.32 Å². The Hall–Kier alpha value is -3.17. The van der Waals surface area contributed by atoms with Gasteiger partial charge in [0.25, 0.3) is 0 Å². The van der Waals surface area contributed by atoms with Crippen LogP contribution in [0, 0.1) is 5.92 Å². The Morgan fingerprint density at radius 2 is 1.87 bits per heavy atom. The summed E-state index contributed by atoms with van der Waals surface area (Å²) in [5, 5.41) is 33.4. The van der Waals surface area contributed by atoms with Crippen LogP contribution < -0.4 is 10.2 Å². The van der Waals surface area contributed by atoms with Gasteiger partial charge in [0, 0.05) is 30.8 Å². The molecule has 1 fully saturated rings. The lowest BCUT2D eigenvalue weighted by molar-refractivity contribution is -0.127. The summed E-state index contributed by atoms with van der Waals surface area (Å²) in [4.78, 5) is 38.3. The summed E-state index contributed by atoms with van der Waals surface area (Å²) in [5.74, 6) is -2.12. The third-order valence-corrected chi connectivity index (χ3v) is 5.43. The predicted octanol–water partition coefficient (Wildman–Crippen LogP) is 1.37. The van der Waals surface area contributed by atoms with E-state index in [4.69, 9.17) is 4.74 Å². The van der Waals surface area contributed by atoms with Crippen LogP contribution in [0.15, 0.2) is 30.4 Å². The minimum atomic E-state index is -1.60. The maximum Gasteiger partial charge on any atom is 0.342 e. The number of amides is 2. The van der Waals surface area contributed by atoms with Crippen LogP contribution in [0.3, 0.4) is 0 Å². The number of aromatic hydroxyl groups is 1. The quantitative estimate of drug-likeness (QED) is 0.494. The van der Waals surface area contributed by atoms with Crippen molar-refractivity contribution in [1.29, 1.82) is 0 Å². The number of fused-ring (bicyclic) bond motifs is 1. The second-order valence-corrected chi connectivity index (χ2v) is 7.69. The Balaban J connectivity index is 2.04. The van der Waals surface area contributed by atoms with Crippen molar-refractivity contribution >= 4 is 29.5 Å². The zero-order chi connectivity index (χ0) is 22.7. The minimum absolute atomic E-state index is 0.0730. The standard InChI is InChI=1S/C22H26N2O7/c1-12-6-7-17(26)20(28)16(25)5-3-4-14-10-15(24-9-8-23-22(24)30)11-18(27)19(14)21(29)31-13(12)2/h3-4,6-7,10-13,16,20,25,27-28H,5,8-9H2,1-2H3,(H,23,30)/b4-3+,7-6-/t12-,13+,16+,20+/m1/s1. The van der Waals surface area contributed by atoms with Crippen LogP contribution in [-0.4, -0.2) is 64.5 Å². The Morgan fingerprint density at radius 3 is 2.55 bits per heavy atom. The number of phenols is 1. The van der Waals surface area contributed by atoms with Crippen molar-refractivity contribution in [2.75, 3.05) is 18.0 Å². The summed E-state index contributed by atoms with van der Waals surface area (Å²) in [7, 11) is 0. The van der Waals surface area contributed by atoms with Gasteiger partial charge in [0.05, 0.1) is 6.10 Å². The van der Waals surface area contributed by atoms with Gasteiger partial charge in [-0.05, 0) is 31.1 Å². The number of carbonyl (C=O) groups excluding carboxylic acids is 3. The number of carbonyl (C=O) groups is 3. The summed E-state index contributed by atoms with van der Waals surface area (Å²) in [6.07, 6.45) is 1.96. The Bertz CT molecular complexity index is 940. The van der Waals surface area contributed by atoms with Gasteiger partial charge in [-0.1, -0.05) is 25.2 Å². The van der Waals surface area contributed by atoms with E-state index in [1.165, 1.54) is 29.2 Å². The lowest BCUT2D eigenvalue weighted by Gasteiger charge is -2.21. The highest BCUT2D eigenvalue weighted by atomic mass is 16.5. The van der Waals surface area contributed by atoms with E-state index < -0.39 is 30.1 Å². The molecule has 2 amide bonds. The van der Waals surface area contributed by atoms with Gasteiger partial charge >= 0.3 is 12.0 Å². The van der Waals surface area contributed by atoms with E-state index in [0.717, 1.165) is 6.08 Å². The van der Waals surface area contributed by atoms with E-state index in [1.54, 1.807) is 19.9 Å². The fourth-order valence-corrected chi connectivity index (χ4v) is 3.35. The number of hydrogen-bond donors (Lipinski definition) is 4. The highest BCUT2D eigenvalue weighted by Crippen LogP contribution is 2.32. The molecule has 0 unspecified atom stereocenters. The molecule has 0 bridgehead atoms. The third kappa shape index (κ3) is 4.95. The molecular formula is C22H26N2O7. The molecule has 1 saturated heterocycles. The molecule has 0 saturated carbocycles. The van der Waals surface area contributed by atoms with Crippen molar-refractivity contribution in [3.8, 4) is 5.75 Å². The molecular weight excluding hydrogens is 404 g/mol. The molecule has 4 N–H and O–H groups in total. The van der Waals surface area contributed by atoms with Crippen LogP contribution >= 0.6 is 0 Å². The van der Waals surface area contributed by atoms with E-state index in [9.17, 15) is 29.7 Å². The number of cyclic esters (lactones) is 1. The molecule has 166 valence electrons. The summed E-state index contributed by atoms with van der Waals surface area (Å²) in [6, 6.07) is 2.57. The third-order valence-electron chi connectivity index (χ3n) is 5.43. The number of nitrogens with zero attached hydrogens (tertiary/aromatic N) is 1. The van der Waals surface area contributed by atoms with Crippen molar-refractivity contribution in [2.45, 2.75) is 38.6 Å². The fourth-order valence-electron chi connectivity index (χ4n) is 3.35. The number of phenolic OH excluding ortho intramolecular Hbond substituents is 1. The van der Waals surface area contributed by atoms with Crippen LogP contribution in [0.1, 0.15) is 36.2 Å². The van der Waals surface area contributed by atoms with E-state index in [0.29, 0.717) is 18.8 Å². The number of esters is 1. The molecule has 2 aliphatic rings. The molecule has 3 rings (SSSR count). The molecule has 0 spiro atoms. The number of hydrogen-bond acceptors (Lipinski definition) is 7. The first-order chi connectivity index (χ1) is 14.7. The SMILES string of the molecule is C[C@@H]1/C=C\C(=O)[C@@H](O)[C@@H](O)C/C=C/c2cc(N3CCNC3=O)cc(O)c2C(=O)O[C@H]1C. The van der Waals surface area contributed by atoms with Crippen molar-refractivity contribution in [3.05, 3.63) is 41.5 Å². The topological polar surface area (TPSA) is 136 Å². The molecule has 4 atom stereocenters. The molecule has 2 heterocycles. The van der Waals surface area contributed by atoms with Crippen LogP contribution in [-0.2, 0) is 9.53 Å². The highest BCUT2D eigenvalue weighted by molar-refractivity contribution is 6.00. The predicted molar refractivity (Wildman–Crippen MR) is 113 cm³/mol. The zero-order valence-corrected chi connectivity index (χ0v) is 17.3.